The maximum absolute atomic E-state index is 6.13. The van der Waals surface area contributed by atoms with Crippen LogP contribution in [0.5, 0.6) is 0 Å². The number of hydrogen-bond acceptors (Lipinski definition) is 5. The Kier molecular flexibility index (Phi) is 7.21. The molecule has 1 aliphatic rings. The molecule has 0 radical (unpaired) electrons. The average Bonchev–Trinajstić information content (AvgIpc) is 3.56. The smallest absolute Gasteiger partial charge is 0.159 e. The Bertz CT molecular complexity index is 1680. The summed E-state index contributed by atoms with van der Waals surface area (Å²) < 4.78 is 8.10. The van der Waals surface area contributed by atoms with Crippen LogP contribution in [0.25, 0.3) is 50.8 Å². The highest BCUT2D eigenvalue weighted by Crippen LogP contribution is 2.36. The van der Waals surface area contributed by atoms with Gasteiger partial charge in [-0.2, -0.15) is 5.10 Å². The summed E-state index contributed by atoms with van der Waals surface area (Å²) in [5.41, 5.74) is 9.84. The van der Waals surface area contributed by atoms with E-state index in [1.807, 2.05) is 41.6 Å². The second kappa shape index (κ2) is 10.9. The molecule has 0 saturated carbocycles. The molecule has 1 N–H and O–H groups in total. The Hall–Kier alpha value is -3.88. The van der Waals surface area contributed by atoms with E-state index in [2.05, 4.69) is 71.9 Å². The van der Waals surface area contributed by atoms with E-state index in [4.69, 9.17) is 14.8 Å². The number of rotatable bonds is 9. The SMILES string of the molecule is CCc1c(-c2ccncc2)cncc1-c1ccc2c(c1)c(-c1nc3c([nH]1)CCC=C3)nn2COCC[Si](C)(C)C. The van der Waals surface area contributed by atoms with Gasteiger partial charge in [-0.15, -0.1) is 0 Å². The molecule has 1 aromatic carbocycles. The summed E-state index contributed by atoms with van der Waals surface area (Å²) in [5.74, 6) is 0.805. The number of H-pyrrole nitrogens is 1. The van der Waals surface area contributed by atoms with Crippen LogP contribution in [0.15, 0.2) is 61.2 Å². The van der Waals surface area contributed by atoms with Crippen LogP contribution in [0.4, 0.5) is 0 Å². The minimum absolute atomic E-state index is 0.417. The summed E-state index contributed by atoms with van der Waals surface area (Å²) in [6, 6.07) is 11.8. The molecule has 5 aromatic rings. The summed E-state index contributed by atoms with van der Waals surface area (Å²) in [6.07, 6.45) is 14.8. The largest absolute Gasteiger partial charge is 0.360 e. The molecule has 0 atom stereocenters. The topological polar surface area (TPSA) is 81.5 Å². The van der Waals surface area contributed by atoms with E-state index in [1.54, 1.807) is 0 Å². The Balaban J connectivity index is 1.44. The molecular formula is C32H36N6OSi. The summed E-state index contributed by atoms with van der Waals surface area (Å²) in [7, 11) is -1.17. The lowest BCUT2D eigenvalue weighted by molar-refractivity contribution is 0.0818. The van der Waals surface area contributed by atoms with Gasteiger partial charge in [-0.05, 0) is 72.3 Å². The minimum Gasteiger partial charge on any atom is -0.360 e. The van der Waals surface area contributed by atoms with Crippen LogP contribution in [0, 0.1) is 0 Å². The van der Waals surface area contributed by atoms with Gasteiger partial charge in [-0.3, -0.25) is 9.97 Å². The van der Waals surface area contributed by atoms with Crippen molar-refractivity contribution >= 4 is 25.1 Å². The number of nitrogens with one attached hydrogen (secondary N) is 1. The molecule has 6 rings (SSSR count). The molecule has 0 bridgehead atoms. The zero-order valence-electron chi connectivity index (χ0n) is 23.7. The lowest BCUT2D eigenvalue weighted by Gasteiger charge is -2.15. The van der Waals surface area contributed by atoms with Crippen molar-refractivity contribution in [1.82, 2.24) is 29.7 Å². The van der Waals surface area contributed by atoms with E-state index in [1.165, 1.54) is 11.3 Å². The third kappa shape index (κ3) is 5.29. The molecule has 0 unspecified atom stereocenters. The van der Waals surface area contributed by atoms with Gasteiger partial charge in [0.1, 0.15) is 12.4 Å². The fourth-order valence-electron chi connectivity index (χ4n) is 5.33. The van der Waals surface area contributed by atoms with Gasteiger partial charge < -0.3 is 9.72 Å². The molecule has 204 valence electrons. The zero-order chi connectivity index (χ0) is 27.7. The lowest BCUT2D eigenvalue weighted by Crippen LogP contribution is -2.22. The lowest BCUT2D eigenvalue weighted by atomic mass is 9.92. The highest BCUT2D eigenvalue weighted by molar-refractivity contribution is 6.76. The fraction of sp³-hybridized carbons (Fsp3) is 0.312. The number of imidazole rings is 1. The number of nitrogens with zero attached hydrogens (tertiary/aromatic N) is 5. The summed E-state index contributed by atoms with van der Waals surface area (Å²) in [5, 5.41) is 6.10. The molecule has 7 nitrogen and oxygen atoms in total. The van der Waals surface area contributed by atoms with E-state index in [9.17, 15) is 0 Å². The van der Waals surface area contributed by atoms with E-state index in [0.29, 0.717) is 6.73 Å². The normalized spacial score (nSPS) is 13.2. The number of fused-ring (bicyclic) bond motifs is 2. The molecule has 0 saturated heterocycles. The van der Waals surface area contributed by atoms with Crippen molar-refractivity contribution in [2.45, 2.75) is 58.6 Å². The molecule has 40 heavy (non-hydrogen) atoms. The second-order valence-corrected chi connectivity index (χ2v) is 17.2. The van der Waals surface area contributed by atoms with Gasteiger partial charge in [0, 0.05) is 61.7 Å². The van der Waals surface area contributed by atoms with Crippen LogP contribution in [0.3, 0.4) is 0 Å². The average molecular weight is 549 g/mol. The Morgan fingerprint density at radius 1 is 1.00 bits per heavy atom. The summed E-state index contributed by atoms with van der Waals surface area (Å²) in [6.45, 7) is 10.5. The maximum Gasteiger partial charge on any atom is 0.159 e. The van der Waals surface area contributed by atoms with Crippen LogP contribution in [-0.2, 0) is 24.3 Å². The number of aromatic nitrogens is 6. The zero-order valence-corrected chi connectivity index (χ0v) is 24.7. The number of allylic oxidation sites excluding steroid dienone is 1. The predicted octanol–water partition coefficient (Wildman–Crippen LogP) is 7.38. The van der Waals surface area contributed by atoms with Crippen molar-refractivity contribution in [3.05, 3.63) is 78.1 Å². The van der Waals surface area contributed by atoms with Gasteiger partial charge in [0.2, 0.25) is 0 Å². The van der Waals surface area contributed by atoms with E-state index >= 15 is 0 Å². The second-order valence-electron chi connectivity index (χ2n) is 11.6. The first-order valence-electron chi connectivity index (χ1n) is 14.1. The molecule has 0 fully saturated rings. The van der Waals surface area contributed by atoms with Crippen molar-refractivity contribution in [1.29, 1.82) is 0 Å². The van der Waals surface area contributed by atoms with Crippen LogP contribution < -0.4 is 0 Å². The summed E-state index contributed by atoms with van der Waals surface area (Å²) >= 11 is 0. The Labute approximate surface area is 236 Å². The van der Waals surface area contributed by atoms with Crippen molar-refractivity contribution in [2.75, 3.05) is 6.61 Å². The first-order chi connectivity index (χ1) is 19.4. The van der Waals surface area contributed by atoms with E-state index < -0.39 is 8.07 Å². The Morgan fingerprint density at radius 3 is 2.55 bits per heavy atom. The summed E-state index contributed by atoms with van der Waals surface area (Å²) in [4.78, 5) is 17.3. The van der Waals surface area contributed by atoms with Gasteiger partial charge >= 0.3 is 0 Å². The monoisotopic (exact) mass is 548 g/mol. The van der Waals surface area contributed by atoms with Crippen LogP contribution in [0.1, 0.15) is 30.3 Å². The number of aryl methyl sites for hydroxylation is 1. The number of pyridine rings is 2. The van der Waals surface area contributed by atoms with Gasteiger partial charge in [0.05, 0.1) is 11.2 Å². The molecule has 0 amide bonds. The maximum atomic E-state index is 6.13. The standard InChI is InChI=1S/C32H36N6OSi/c1-5-24-26(22-12-14-33-15-13-22)19-34-20-27(24)23-10-11-30-25(18-23)31(32-35-28-8-6-7-9-29(28)36-32)37-38(30)21-39-16-17-40(2,3)4/h6,8,10-15,18-20H,5,7,9,16-17,21H2,1-4H3,(H,35,36). The first kappa shape index (κ1) is 26.3. The molecule has 0 aliphatic heterocycles. The van der Waals surface area contributed by atoms with E-state index in [-0.39, 0.29) is 0 Å². The predicted molar refractivity (Wildman–Crippen MR) is 165 cm³/mol. The van der Waals surface area contributed by atoms with Crippen LogP contribution >= 0.6 is 0 Å². The molecule has 4 heterocycles. The van der Waals surface area contributed by atoms with Crippen molar-refractivity contribution in [3.63, 3.8) is 0 Å². The quantitative estimate of drug-likeness (QED) is 0.153. The molecule has 8 heteroatoms. The number of benzene rings is 1. The molecule has 0 spiro atoms. The number of aromatic amines is 1. The third-order valence-corrected chi connectivity index (χ3v) is 9.25. The molecule has 4 aromatic heterocycles. The van der Waals surface area contributed by atoms with Crippen LogP contribution in [-0.4, -0.2) is 44.4 Å². The van der Waals surface area contributed by atoms with Gasteiger partial charge in [-0.1, -0.05) is 38.7 Å². The van der Waals surface area contributed by atoms with Gasteiger partial charge in [-0.25, -0.2) is 9.67 Å². The first-order valence-corrected chi connectivity index (χ1v) is 17.8. The highest BCUT2D eigenvalue weighted by Gasteiger charge is 2.20. The van der Waals surface area contributed by atoms with E-state index in [0.717, 1.165) is 82.3 Å². The molecule has 1 aliphatic carbocycles. The highest BCUT2D eigenvalue weighted by atomic mass is 28.3. The van der Waals surface area contributed by atoms with Crippen molar-refractivity contribution in [2.24, 2.45) is 0 Å². The van der Waals surface area contributed by atoms with Crippen molar-refractivity contribution in [3.8, 4) is 33.8 Å². The molecular weight excluding hydrogens is 512 g/mol. The van der Waals surface area contributed by atoms with Gasteiger partial charge in [0.15, 0.2) is 5.82 Å². The minimum atomic E-state index is -1.17. The number of ether oxygens (including phenoxy) is 1. The third-order valence-electron chi connectivity index (χ3n) is 7.55. The number of hydrogen-bond donors (Lipinski definition) is 1. The van der Waals surface area contributed by atoms with Crippen LogP contribution in [0.2, 0.25) is 25.7 Å². The Morgan fingerprint density at radius 2 is 1.80 bits per heavy atom. The van der Waals surface area contributed by atoms with Crippen molar-refractivity contribution < 1.29 is 4.74 Å². The fourth-order valence-corrected chi connectivity index (χ4v) is 6.09. The van der Waals surface area contributed by atoms with Gasteiger partial charge in [0.25, 0.3) is 0 Å².